The van der Waals surface area contributed by atoms with Gasteiger partial charge in [-0.05, 0) is 61.0 Å². The van der Waals surface area contributed by atoms with Crippen LogP contribution in [0.2, 0.25) is 0 Å². The predicted molar refractivity (Wildman–Crippen MR) is 111 cm³/mol. The molecular formula is C22H16F6O4S2. The Balaban J connectivity index is 2.25. The van der Waals surface area contributed by atoms with Crippen LogP contribution in [0.5, 0.6) is 0 Å². The molecule has 12 heteroatoms. The second kappa shape index (κ2) is 8.42. The molecule has 0 aliphatic rings. The van der Waals surface area contributed by atoms with E-state index in [1.54, 1.807) is 0 Å². The van der Waals surface area contributed by atoms with E-state index in [1.165, 1.54) is 30.3 Å². The molecule has 0 atom stereocenters. The fourth-order valence-electron chi connectivity index (χ4n) is 3.29. The standard InChI is InChI=1S/C22H16F6O4S2/c1-20(15-5-3-2-4-6-15,33(29,30)18-11-7-16(8-12-18)21(23,24)25)34(31,32)19-13-9-17(10-14-19)22(26,27)28/h2-14H,1H3. The Hall–Kier alpha value is -2.86. The molecule has 0 saturated carbocycles. The highest BCUT2D eigenvalue weighted by molar-refractivity contribution is 8.09. The molecule has 0 bridgehead atoms. The van der Waals surface area contributed by atoms with Crippen LogP contribution in [-0.2, 0) is 36.1 Å². The van der Waals surface area contributed by atoms with Gasteiger partial charge in [-0.25, -0.2) is 16.8 Å². The number of hydrogen-bond donors (Lipinski definition) is 0. The zero-order valence-corrected chi connectivity index (χ0v) is 18.9. The normalized spacial score (nSPS) is 13.6. The number of rotatable bonds is 5. The molecule has 182 valence electrons. The lowest BCUT2D eigenvalue weighted by molar-refractivity contribution is -0.138. The van der Waals surface area contributed by atoms with Crippen LogP contribution in [0.1, 0.15) is 23.6 Å². The SMILES string of the molecule is CC(c1ccccc1)(S(=O)(=O)c1ccc(C(F)(F)F)cc1)S(=O)(=O)c1ccc(C(F)(F)F)cc1. The summed E-state index contributed by atoms with van der Waals surface area (Å²) in [6.07, 6.45) is -9.51. The molecule has 0 aliphatic carbocycles. The number of benzene rings is 3. The average molecular weight is 522 g/mol. The number of halogens is 6. The summed E-state index contributed by atoms with van der Waals surface area (Å²) in [7, 11) is -9.88. The largest absolute Gasteiger partial charge is 0.416 e. The van der Waals surface area contributed by atoms with E-state index in [9.17, 15) is 43.2 Å². The minimum absolute atomic E-state index is 0.241. The van der Waals surface area contributed by atoms with Crippen LogP contribution in [0.15, 0.2) is 88.7 Å². The Morgan fingerprint density at radius 2 is 0.824 bits per heavy atom. The first-order valence-corrected chi connectivity index (χ1v) is 12.4. The van der Waals surface area contributed by atoms with Crippen molar-refractivity contribution in [1.82, 2.24) is 0 Å². The van der Waals surface area contributed by atoms with Crippen molar-refractivity contribution in [2.45, 2.75) is 33.1 Å². The van der Waals surface area contributed by atoms with Crippen molar-refractivity contribution in [2.24, 2.45) is 0 Å². The van der Waals surface area contributed by atoms with Crippen LogP contribution in [-0.4, -0.2) is 16.8 Å². The van der Waals surface area contributed by atoms with Gasteiger partial charge in [0.05, 0.1) is 20.9 Å². The van der Waals surface area contributed by atoms with E-state index < -0.39 is 57.0 Å². The van der Waals surface area contributed by atoms with Crippen molar-refractivity contribution in [1.29, 1.82) is 0 Å². The van der Waals surface area contributed by atoms with Crippen molar-refractivity contribution in [3.05, 3.63) is 95.6 Å². The smallest absolute Gasteiger partial charge is 0.222 e. The number of hydrogen-bond acceptors (Lipinski definition) is 4. The van der Waals surface area contributed by atoms with Gasteiger partial charge in [-0.15, -0.1) is 0 Å². The molecule has 3 aromatic rings. The van der Waals surface area contributed by atoms with E-state index in [0.29, 0.717) is 48.5 Å². The molecule has 0 spiro atoms. The van der Waals surface area contributed by atoms with Gasteiger partial charge in [0.2, 0.25) is 23.8 Å². The van der Waals surface area contributed by atoms with Crippen molar-refractivity contribution in [3.8, 4) is 0 Å². The highest BCUT2D eigenvalue weighted by Gasteiger charge is 2.54. The van der Waals surface area contributed by atoms with E-state index in [0.717, 1.165) is 6.92 Å². The molecule has 0 radical (unpaired) electrons. The maximum absolute atomic E-state index is 13.6. The maximum atomic E-state index is 13.6. The monoisotopic (exact) mass is 522 g/mol. The molecule has 4 nitrogen and oxygen atoms in total. The minimum Gasteiger partial charge on any atom is -0.222 e. The Morgan fingerprint density at radius 3 is 1.12 bits per heavy atom. The molecule has 34 heavy (non-hydrogen) atoms. The lowest BCUT2D eigenvalue weighted by atomic mass is 10.2. The van der Waals surface area contributed by atoms with Gasteiger partial charge in [-0.3, -0.25) is 0 Å². The van der Waals surface area contributed by atoms with Crippen molar-refractivity contribution >= 4 is 19.7 Å². The molecule has 0 heterocycles. The van der Waals surface area contributed by atoms with E-state index >= 15 is 0 Å². The minimum atomic E-state index is -4.94. The topological polar surface area (TPSA) is 68.3 Å². The summed E-state index contributed by atoms with van der Waals surface area (Å²) in [5.41, 5.74) is -2.52. The van der Waals surface area contributed by atoms with Crippen LogP contribution in [0.3, 0.4) is 0 Å². The van der Waals surface area contributed by atoms with E-state index in [4.69, 9.17) is 0 Å². The van der Waals surface area contributed by atoms with Gasteiger partial charge in [0.25, 0.3) is 0 Å². The predicted octanol–water partition coefficient (Wildman–Crippen LogP) is 5.84. The van der Waals surface area contributed by atoms with Crippen molar-refractivity contribution in [2.75, 3.05) is 0 Å². The molecule has 0 unspecified atom stereocenters. The van der Waals surface area contributed by atoms with E-state index in [1.807, 2.05) is 0 Å². The quantitative estimate of drug-likeness (QED) is 0.395. The van der Waals surface area contributed by atoms with Crippen molar-refractivity contribution in [3.63, 3.8) is 0 Å². The third-order valence-corrected chi connectivity index (χ3v) is 10.9. The molecular weight excluding hydrogens is 506 g/mol. The van der Waals surface area contributed by atoms with Crippen LogP contribution in [0, 0.1) is 0 Å². The Morgan fingerprint density at radius 1 is 0.500 bits per heavy atom. The number of sulfone groups is 2. The third-order valence-electron chi connectivity index (χ3n) is 5.31. The first kappa shape index (κ1) is 25.8. The summed E-state index contributed by atoms with van der Waals surface area (Å²) in [6, 6.07) is 11.2. The summed E-state index contributed by atoms with van der Waals surface area (Å²) in [5.74, 6) is 0. The fourth-order valence-corrected chi connectivity index (χ4v) is 7.81. The van der Waals surface area contributed by atoms with Gasteiger partial charge in [-0.2, -0.15) is 26.3 Å². The zero-order valence-electron chi connectivity index (χ0n) is 17.2. The molecule has 0 N–H and O–H groups in total. The Kier molecular flexibility index (Phi) is 6.38. The summed E-state index contributed by atoms with van der Waals surface area (Å²) in [5, 5.41) is 0. The summed E-state index contributed by atoms with van der Waals surface area (Å²) < 4.78 is 129. The zero-order chi connectivity index (χ0) is 25.6. The van der Waals surface area contributed by atoms with Gasteiger partial charge in [0.1, 0.15) is 0 Å². The first-order valence-electron chi connectivity index (χ1n) is 9.42. The van der Waals surface area contributed by atoms with Gasteiger partial charge in [-0.1, -0.05) is 30.3 Å². The molecule has 3 aromatic carbocycles. The van der Waals surface area contributed by atoms with Gasteiger partial charge in [0.15, 0.2) is 0 Å². The highest BCUT2D eigenvalue weighted by atomic mass is 32.3. The molecule has 0 aromatic heterocycles. The highest BCUT2D eigenvalue weighted by Crippen LogP contribution is 2.44. The summed E-state index contributed by atoms with van der Waals surface area (Å²) in [4.78, 5) is -1.41. The Bertz CT molecular complexity index is 1290. The molecule has 0 aliphatic heterocycles. The summed E-state index contributed by atoms with van der Waals surface area (Å²) >= 11 is 0. The van der Waals surface area contributed by atoms with Crippen molar-refractivity contribution < 1.29 is 43.2 Å². The second-order valence-electron chi connectivity index (χ2n) is 7.36. The van der Waals surface area contributed by atoms with Gasteiger partial charge in [0, 0.05) is 0 Å². The van der Waals surface area contributed by atoms with Crippen LogP contribution < -0.4 is 0 Å². The van der Waals surface area contributed by atoms with E-state index in [-0.39, 0.29) is 5.56 Å². The first-order chi connectivity index (χ1) is 15.5. The maximum Gasteiger partial charge on any atom is 0.416 e. The second-order valence-corrected chi connectivity index (χ2v) is 12.2. The lowest BCUT2D eigenvalue weighted by Gasteiger charge is -2.30. The molecule has 0 fully saturated rings. The van der Waals surface area contributed by atoms with Crippen LogP contribution in [0.25, 0.3) is 0 Å². The third kappa shape index (κ3) is 4.31. The number of alkyl halides is 6. The van der Waals surface area contributed by atoms with E-state index in [2.05, 4.69) is 0 Å². The van der Waals surface area contributed by atoms with Gasteiger partial charge >= 0.3 is 12.4 Å². The molecule has 0 saturated heterocycles. The lowest BCUT2D eigenvalue weighted by Crippen LogP contribution is -2.41. The molecule has 0 amide bonds. The fraction of sp³-hybridized carbons (Fsp3) is 0.182. The summed E-state index contributed by atoms with van der Waals surface area (Å²) in [6.45, 7) is 0.850. The Labute approximate surface area is 191 Å². The molecule has 3 rings (SSSR count). The van der Waals surface area contributed by atoms with Crippen LogP contribution in [0.4, 0.5) is 26.3 Å². The van der Waals surface area contributed by atoms with Crippen LogP contribution >= 0.6 is 0 Å². The average Bonchev–Trinajstić information content (AvgIpc) is 2.78. The van der Waals surface area contributed by atoms with Gasteiger partial charge < -0.3 is 0 Å².